The summed E-state index contributed by atoms with van der Waals surface area (Å²) in [6.07, 6.45) is 4.57. The van der Waals surface area contributed by atoms with E-state index in [1.165, 1.54) is 25.1 Å². The molecule has 0 radical (unpaired) electrons. The minimum atomic E-state index is 0.908. The van der Waals surface area contributed by atoms with Crippen LogP contribution in [-0.4, -0.2) is 41.5 Å². The molecule has 0 aliphatic rings. The molecule has 5 heteroatoms. The maximum atomic E-state index is 4.55. The second kappa shape index (κ2) is 6.31. The normalized spacial score (nSPS) is 11.8. The standard InChI is InChI=1S/C13H22N4S/c1-11-12(17-8-9-18-13(17)15-11)10-14-6-4-5-7-16(2)3/h8-9,14H,4-7,10H2,1-3H3. The highest BCUT2D eigenvalue weighted by molar-refractivity contribution is 7.15. The molecule has 18 heavy (non-hydrogen) atoms. The van der Waals surface area contributed by atoms with Crippen molar-refractivity contribution in [2.24, 2.45) is 0 Å². The molecule has 4 nitrogen and oxygen atoms in total. The fourth-order valence-electron chi connectivity index (χ4n) is 2.04. The van der Waals surface area contributed by atoms with Gasteiger partial charge in [0.15, 0.2) is 4.96 Å². The van der Waals surface area contributed by atoms with Crippen molar-refractivity contribution in [3.8, 4) is 0 Å². The predicted octanol–water partition coefficient (Wildman–Crippen LogP) is 2.14. The highest BCUT2D eigenvalue weighted by atomic mass is 32.1. The van der Waals surface area contributed by atoms with Crippen molar-refractivity contribution >= 4 is 16.3 Å². The van der Waals surface area contributed by atoms with Gasteiger partial charge in [-0.2, -0.15) is 0 Å². The van der Waals surface area contributed by atoms with Gasteiger partial charge in [-0.05, 0) is 47.0 Å². The first-order chi connectivity index (χ1) is 8.68. The molecule has 0 atom stereocenters. The number of hydrogen-bond donors (Lipinski definition) is 1. The number of fused-ring (bicyclic) bond motifs is 1. The van der Waals surface area contributed by atoms with Crippen molar-refractivity contribution in [3.63, 3.8) is 0 Å². The van der Waals surface area contributed by atoms with Crippen LogP contribution in [0.25, 0.3) is 4.96 Å². The Kier molecular flexibility index (Phi) is 4.74. The fourth-order valence-corrected chi connectivity index (χ4v) is 2.82. The van der Waals surface area contributed by atoms with Crippen molar-refractivity contribution in [3.05, 3.63) is 23.0 Å². The van der Waals surface area contributed by atoms with Gasteiger partial charge >= 0.3 is 0 Å². The zero-order valence-corrected chi connectivity index (χ0v) is 12.3. The van der Waals surface area contributed by atoms with E-state index in [9.17, 15) is 0 Å². The first-order valence-electron chi connectivity index (χ1n) is 6.45. The van der Waals surface area contributed by atoms with E-state index >= 15 is 0 Å². The van der Waals surface area contributed by atoms with Crippen LogP contribution < -0.4 is 5.32 Å². The van der Waals surface area contributed by atoms with Crippen LogP contribution in [0.4, 0.5) is 0 Å². The maximum absolute atomic E-state index is 4.55. The summed E-state index contributed by atoms with van der Waals surface area (Å²) in [7, 11) is 4.24. The third-order valence-electron chi connectivity index (χ3n) is 3.06. The van der Waals surface area contributed by atoms with Crippen LogP contribution in [0.15, 0.2) is 11.6 Å². The average Bonchev–Trinajstić information content (AvgIpc) is 2.85. The summed E-state index contributed by atoms with van der Waals surface area (Å²) in [5.74, 6) is 0. The Labute approximate surface area is 113 Å². The van der Waals surface area contributed by atoms with E-state index in [1.54, 1.807) is 11.3 Å². The predicted molar refractivity (Wildman–Crippen MR) is 77.3 cm³/mol. The van der Waals surface area contributed by atoms with Crippen LogP contribution >= 0.6 is 11.3 Å². The topological polar surface area (TPSA) is 32.6 Å². The molecule has 2 aromatic heterocycles. The van der Waals surface area contributed by atoms with Crippen molar-refractivity contribution in [1.82, 2.24) is 19.6 Å². The number of aryl methyl sites for hydroxylation is 1. The smallest absolute Gasteiger partial charge is 0.194 e. The van der Waals surface area contributed by atoms with Gasteiger partial charge in [-0.3, -0.25) is 4.40 Å². The van der Waals surface area contributed by atoms with E-state index in [-0.39, 0.29) is 0 Å². The zero-order chi connectivity index (χ0) is 13.0. The zero-order valence-electron chi connectivity index (χ0n) is 11.4. The van der Waals surface area contributed by atoms with E-state index in [4.69, 9.17) is 0 Å². The second-order valence-corrected chi connectivity index (χ2v) is 5.76. The molecule has 0 aliphatic carbocycles. The van der Waals surface area contributed by atoms with Crippen LogP contribution in [0, 0.1) is 6.92 Å². The van der Waals surface area contributed by atoms with Gasteiger partial charge in [-0.25, -0.2) is 4.98 Å². The van der Waals surface area contributed by atoms with E-state index in [0.29, 0.717) is 0 Å². The van der Waals surface area contributed by atoms with E-state index in [2.05, 4.69) is 52.2 Å². The minimum absolute atomic E-state index is 0.908. The average molecular weight is 266 g/mol. The molecule has 0 bridgehead atoms. The molecule has 0 saturated carbocycles. The molecule has 2 rings (SSSR count). The van der Waals surface area contributed by atoms with Crippen LogP contribution in [0.3, 0.4) is 0 Å². The summed E-state index contributed by atoms with van der Waals surface area (Å²) < 4.78 is 2.19. The van der Waals surface area contributed by atoms with Gasteiger partial charge in [-0.15, -0.1) is 11.3 Å². The molecule has 0 saturated heterocycles. The van der Waals surface area contributed by atoms with Gasteiger partial charge in [-0.1, -0.05) is 0 Å². The number of unbranched alkanes of at least 4 members (excludes halogenated alkanes) is 1. The number of rotatable bonds is 7. The van der Waals surface area contributed by atoms with Crippen molar-refractivity contribution < 1.29 is 0 Å². The van der Waals surface area contributed by atoms with Crippen LogP contribution in [0.5, 0.6) is 0 Å². The SMILES string of the molecule is Cc1nc2sccn2c1CNCCCCN(C)C. The largest absolute Gasteiger partial charge is 0.311 e. The van der Waals surface area contributed by atoms with Gasteiger partial charge in [0, 0.05) is 18.1 Å². The van der Waals surface area contributed by atoms with Crippen molar-refractivity contribution in [2.45, 2.75) is 26.3 Å². The molecule has 0 aromatic carbocycles. The first-order valence-corrected chi connectivity index (χ1v) is 7.33. The Bertz CT molecular complexity index is 486. The maximum Gasteiger partial charge on any atom is 0.194 e. The second-order valence-electron chi connectivity index (χ2n) is 4.89. The molecule has 0 amide bonds. The summed E-state index contributed by atoms with van der Waals surface area (Å²) >= 11 is 1.69. The van der Waals surface area contributed by atoms with Crippen molar-refractivity contribution in [1.29, 1.82) is 0 Å². The highest BCUT2D eigenvalue weighted by Crippen LogP contribution is 2.16. The van der Waals surface area contributed by atoms with Gasteiger partial charge in [0.1, 0.15) is 0 Å². The third-order valence-corrected chi connectivity index (χ3v) is 3.82. The van der Waals surface area contributed by atoms with Crippen molar-refractivity contribution in [2.75, 3.05) is 27.2 Å². The molecule has 0 spiro atoms. The number of nitrogens with one attached hydrogen (secondary N) is 1. The summed E-state index contributed by atoms with van der Waals surface area (Å²) in [4.78, 5) is 7.87. The number of nitrogens with zero attached hydrogens (tertiary/aromatic N) is 3. The van der Waals surface area contributed by atoms with Gasteiger partial charge < -0.3 is 10.2 Å². The van der Waals surface area contributed by atoms with E-state index in [1.807, 2.05) is 0 Å². The summed E-state index contributed by atoms with van der Waals surface area (Å²) in [5.41, 5.74) is 2.43. The molecule has 1 N–H and O–H groups in total. The Balaban J connectivity index is 1.76. The van der Waals surface area contributed by atoms with Gasteiger partial charge in [0.05, 0.1) is 11.4 Å². The van der Waals surface area contributed by atoms with Gasteiger partial charge in [0.25, 0.3) is 0 Å². The van der Waals surface area contributed by atoms with E-state index < -0.39 is 0 Å². The molecule has 100 valence electrons. The number of hydrogen-bond acceptors (Lipinski definition) is 4. The molecule has 0 fully saturated rings. The van der Waals surface area contributed by atoms with Crippen LogP contribution in [0.2, 0.25) is 0 Å². The Morgan fingerprint density at radius 2 is 2.22 bits per heavy atom. The summed E-state index contributed by atoms with van der Waals surface area (Å²) in [5, 5.41) is 5.60. The number of aromatic nitrogens is 2. The lowest BCUT2D eigenvalue weighted by Gasteiger charge is -2.09. The Morgan fingerprint density at radius 1 is 1.39 bits per heavy atom. The lowest BCUT2D eigenvalue weighted by molar-refractivity contribution is 0.391. The molecule has 0 unspecified atom stereocenters. The highest BCUT2D eigenvalue weighted by Gasteiger charge is 2.08. The van der Waals surface area contributed by atoms with E-state index in [0.717, 1.165) is 23.7 Å². The van der Waals surface area contributed by atoms with Gasteiger partial charge in [0.2, 0.25) is 0 Å². The fraction of sp³-hybridized carbons (Fsp3) is 0.615. The monoisotopic (exact) mass is 266 g/mol. The Morgan fingerprint density at radius 3 is 3.00 bits per heavy atom. The third kappa shape index (κ3) is 3.31. The lowest BCUT2D eigenvalue weighted by atomic mass is 10.3. The summed E-state index contributed by atoms with van der Waals surface area (Å²) in [6, 6.07) is 0. The molecule has 2 aromatic rings. The molecule has 2 heterocycles. The molecule has 0 aliphatic heterocycles. The van der Waals surface area contributed by atoms with Crippen LogP contribution in [-0.2, 0) is 6.54 Å². The molecular formula is C13H22N4S. The lowest BCUT2D eigenvalue weighted by Crippen LogP contribution is -2.19. The number of thiazole rings is 1. The molecular weight excluding hydrogens is 244 g/mol. The summed E-state index contributed by atoms with van der Waals surface area (Å²) in [6.45, 7) is 5.24. The minimum Gasteiger partial charge on any atom is -0.311 e. The first kappa shape index (κ1) is 13.5. The quantitative estimate of drug-likeness (QED) is 0.779. The van der Waals surface area contributed by atoms with Crippen LogP contribution in [0.1, 0.15) is 24.2 Å². The Hall–Kier alpha value is -0.910. The number of imidazole rings is 1.